The molecule has 1 aromatic rings. The molecule has 0 aromatic heterocycles. The first-order valence-electron chi connectivity index (χ1n) is 7.08. The average Bonchev–Trinajstić information content (AvgIpc) is 2.49. The van der Waals surface area contributed by atoms with Gasteiger partial charge in [0.05, 0.1) is 25.9 Å². The minimum Gasteiger partial charge on any atom is -0.393 e. The van der Waals surface area contributed by atoms with Gasteiger partial charge in [0.15, 0.2) is 0 Å². The second-order valence-corrected chi connectivity index (χ2v) is 5.09. The summed E-state index contributed by atoms with van der Waals surface area (Å²) >= 11 is 0. The number of hydrogen-bond donors (Lipinski definition) is 1. The van der Waals surface area contributed by atoms with Crippen molar-refractivity contribution in [3.05, 3.63) is 48.6 Å². The van der Waals surface area contributed by atoms with Gasteiger partial charge in [0.25, 0.3) is 0 Å². The van der Waals surface area contributed by atoms with Crippen molar-refractivity contribution in [2.24, 2.45) is 5.92 Å². The van der Waals surface area contributed by atoms with Crippen LogP contribution in [0.1, 0.15) is 12.0 Å². The minimum atomic E-state index is -0.311. The Hall–Kier alpha value is -1.20. The van der Waals surface area contributed by atoms with E-state index in [-0.39, 0.29) is 12.0 Å². The van der Waals surface area contributed by atoms with Gasteiger partial charge in [-0.15, -0.1) is 6.58 Å². The molecule has 1 aliphatic heterocycles. The molecule has 110 valence electrons. The van der Waals surface area contributed by atoms with E-state index in [1.54, 1.807) is 6.08 Å². The molecule has 1 heterocycles. The number of aliphatic hydroxyl groups is 1. The topological polar surface area (TPSA) is 41.9 Å². The molecule has 0 radical (unpaired) electrons. The van der Waals surface area contributed by atoms with Crippen LogP contribution in [0.5, 0.6) is 0 Å². The normalized spacial score (nSPS) is 23.6. The predicted octanol–water partition coefficient (Wildman–Crippen LogP) is 2.00. The van der Waals surface area contributed by atoms with Crippen LogP contribution in [-0.4, -0.2) is 42.6 Å². The van der Waals surface area contributed by atoms with E-state index >= 15 is 0 Å². The molecule has 1 aliphatic rings. The maximum Gasteiger partial charge on any atom is 0.0864 e. The molecule has 0 spiro atoms. The highest BCUT2D eigenvalue weighted by Crippen LogP contribution is 2.18. The van der Waals surface area contributed by atoms with Gasteiger partial charge in [-0.3, -0.25) is 4.84 Å². The first kappa shape index (κ1) is 15.2. The Bertz CT molecular complexity index is 396. The number of hydrogen-bond acceptors (Lipinski definition) is 4. The van der Waals surface area contributed by atoms with Gasteiger partial charge in [0, 0.05) is 19.0 Å². The lowest BCUT2D eigenvalue weighted by molar-refractivity contribution is -0.190. The van der Waals surface area contributed by atoms with Crippen LogP contribution in [0, 0.1) is 5.92 Å². The Morgan fingerprint density at radius 2 is 2.15 bits per heavy atom. The number of nitrogens with zero attached hydrogens (tertiary/aromatic N) is 1. The van der Waals surface area contributed by atoms with Crippen molar-refractivity contribution in [3.63, 3.8) is 0 Å². The number of ether oxygens (including phenoxy) is 1. The van der Waals surface area contributed by atoms with Gasteiger partial charge in [-0.2, -0.15) is 5.06 Å². The van der Waals surface area contributed by atoms with E-state index in [9.17, 15) is 5.11 Å². The first-order valence-corrected chi connectivity index (χ1v) is 7.08. The van der Waals surface area contributed by atoms with E-state index in [4.69, 9.17) is 9.57 Å². The van der Waals surface area contributed by atoms with Gasteiger partial charge in [-0.1, -0.05) is 36.4 Å². The predicted molar refractivity (Wildman–Crippen MR) is 77.9 cm³/mol. The van der Waals surface area contributed by atoms with Crippen LogP contribution in [0.15, 0.2) is 43.0 Å². The molecule has 0 saturated carbocycles. The molecule has 20 heavy (non-hydrogen) atoms. The first-order chi connectivity index (χ1) is 9.79. The van der Waals surface area contributed by atoms with Crippen molar-refractivity contribution in [2.45, 2.75) is 19.1 Å². The Labute approximate surface area is 120 Å². The highest BCUT2D eigenvalue weighted by Gasteiger charge is 2.28. The lowest BCUT2D eigenvalue weighted by Crippen LogP contribution is -2.44. The molecule has 1 aromatic carbocycles. The Kier molecular flexibility index (Phi) is 6.21. The summed E-state index contributed by atoms with van der Waals surface area (Å²) in [5.74, 6) is 0.0947. The third-order valence-electron chi connectivity index (χ3n) is 3.48. The van der Waals surface area contributed by atoms with E-state index in [2.05, 4.69) is 6.58 Å². The molecule has 2 rings (SSSR count). The highest BCUT2D eigenvalue weighted by atomic mass is 16.7. The number of aliphatic hydroxyl groups excluding tert-OH is 1. The van der Waals surface area contributed by atoms with Gasteiger partial charge >= 0.3 is 0 Å². The van der Waals surface area contributed by atoms with Gasteiger partial charge in [0.2, 0.25) is 0 Å². The summed E-state index contributed by atoms with van der Waals surface area (Å²) < 4.78 is 5.72. The smallest absolute Gasteiger partial charge is 0.0864 e. The second-order valence-electron chi connectivity index (χ2n) is 5.09. The van der Waals surface area contributed by atoms with Crippen molar-refractivity contribution in [1.29, 1.82) is 0 Å². The highest BCUT2D eigenvalue weighted by molar-refractivity contribution is 5.13. The zero-order valence-electron chi connectivity index (χ0n) is 11.8. The molecule has 4 nitrogen and oxygen atoms in total. The summed E-state index contributed by atoms with van der Waals surface area (Å²) in [4.78, 5) is 5.52. The van der Waals surface area contributed by atoms with Crippen molar-refractivity contribution < 1.29 is 14.7 Å². The fraction of sp³-hybridized carbons (Fsp3) is 0.500. The standard InChI is InChI=1S/C16H23NO3/c1-2-10-20-17-9-8-16(18)15(11-17)13-19-12-14-6-4-3-5-7-14/h2-7,15-16,18H,1,8-13H2/t15-,16+/m1/s1. The van der Waals surface area contributed by atoms with Crippen LogP contribution < -0.4 is 0 Å². The third-order valence-corrected chi connectivity index (χ3v) is 3.48. The molecule has 0 aliphatic carbocycles. The molecule has 0 amide bonds. The van der Waals surface area contributed by atoms with E-state index < -0.39 is 0 Å². The Balaban J connectivity index is 1.74. The largest absolute Gasteiger partial charge is 0.393 e. The summed E-state index contributed by atoms with van der Waals surface area (Å²) in [7, 11) is 0. The molecule has 2 atom stereocenters. The summed E-state index contributed by atoms with van der Waals surface area (Å²) in [6.45, 7) is 6.72. The van der Waals surface area contributed by atoms with Crippen molar-refractivity contribution >= 4 is 0 Å². The zero-order chi connectivity index (χ0) is 14.2. The van der Waals surface area contributed by atoms with Crippen LogP contribution in [0.4, 0.5) is 0 Å². The third kappa shape index (κ3) is 4.72. The summed E-state index contributed by atoms with van der Waals surface area (Å²) in [5, 5.41) is 11.9. The van der Waals surface area contributed by atoms with Gasteiger partial charge < -0.3 is 9.84 Å². The summed E-state index contributed by atoms with van der Waals surface area (Å²) in [6, 6.07) is 10.1. The number of piperidine rings is 1. The van der Waals surface area contributed by atoms with Gasteiger partial charge in [0.1, 0.15) is 0 Å². The van der Waals surface area contributed by atoms with Gasteiger partial charge in [-0.25, -0.2) is 0 Å². The molecule has 0 unspecified atom stereocenters. The second kappa shape index (κ2) is 8.17. The Morgan fingerprint density at radius 3 is 2.90 bits per heavy atom. The number of benzene rings is 1. The molecule has 1 fully saturated rings. The fourth-order valence-electron chi connectivity index (χ4n) is 2.33. The number of rotatable bonds is 7. The van der Waals surface area contributed by atoms with Crippen molar-refractivity contribution in [3.8, 4) is 0 Å². The minimum absolute atomic E-state index is 0.0947. The zero-order valence-corrected chi connectivity index (χ0v) is 11.8. The van der Waals surface area contributed by atoms with E-state index in [1.807, 2.05) is 35.4 Å². The molecule has 1 N–H and O–H groups in total. The van der Waals surface area contributed by atoms with Crippen LogP contribution >= 0.6 is 0 Å². The molecule has 4 heteroatoms. The molecule has 0 bridgehead atoms. The average molecular weight is 277 g/mol. The van der Waals surface area contributed by atoms with Gasteiger partial charge in [-0.05, 0) is 12.0 Å². The molecular formula is C16H23NO3. The quantitative estimate of drug-likeness (QED) is 0.774. The van der Waals surface area contributed by atoms with E-state index in [0.717, 1.165) is 18.5 Å². The van der Waals surface area contributed by atoms with Crippen LogP contribution in [0.3, 0.4) is 0 Å². The fourth-order valence-corrected chi connectivity index (χ4v) is 2.33. The Morgan fingerprint density at radius 1 is 1.35 bits per heavy atom. The lowest BCUT2D eigenvalue weighted by Gasteiger charge is -2.34. The number of hydroxylamine groups is 2. The van der Waals surface area contributed by atoms with E-state index in [1.165, 1.54) is 0 Å². The van der Waals surface area contributed by atoms with Crippen LogP contribution in [-0.2, 0) is 16.2 Å². The lowest BCUT2D eigenvalue weighted by atomic mass is 9.97. The van der Waals surface area contributed by atoms with Crippen molar-refractivity contribution in [2.75, 3.05) is 26.3 Å². The monoisotopic (exact) mass is 277 g/mol. The van der Waals surface area contributed by atoms with Crippen LogP contribution in [0.2, 0.25) is 0 Å². The van der Waals surface area contributed by atoms with E-state index in [0.29, 0.717) is 26.4 Å². The maximum absolute atomic E-state index is 10.0. The summed E-state index contributed by atoms with van der Waals surface area (Å²) in [5.41, 5.74) is 1.15. The van der Waals surface area contributed by atoms with Crippen LogP contribution in [0.25, 0.3) is 0 Å². The molecule has 1 saturated heterocycles. The SMILES string of the molecule is C=CCON1CC[C@H](O)[C@@H](COCc2ccccc2)C1. The maximum atomic E-state index is 10.0. The summed E-state index contributed by atoms with van der Waals surface area (Å²) in [6.07, 6.45) is 2.14. The molecular weight excluding hydrogens is 254 g/mol. The van der Waals surface area contributed by atoms with Crippen molar-refractivity contribution in [1.82, 2.24) is 5.06 Å².